The van der Waals surface area contributed by atoms with Crippen LogP contribution in [0.4, 0.5) is 21.5 Å². The lowest BCUT2D eigenvalue weighted by Crippen LogP contribution is -2.33. The van der Waals surface area contributed by atoms with Crippen LogP contribution in [0.25, 0.3) is 0 Å². The summed E-state index contributed by atoms with van der Waals surface area (Å²) in [5, 5.41) is 5.08. The van der Waals surface area contributed by atoms with Crippen LogP contribution in [-0.2, 0) is 14.3 Å². The Bertz CT molecular complexity index is 1420. The molecule has 10 heteroatoms. The van der Waals surface area contributed by atoms with Crippen molar-refractivity contribution >= 4 is 52.4 Å². The summed E-state index contributed by atoms with van der Waals surface area (Å²) in [5.41, 5.74) is 0.739. The molecule has 188 valence electrons. The average Bonchev–Trinajstić information content (AvgIpc) is 3.11. The van der Waals surface area contributed by atoms with E-state index in [1.165, 1.54) is 42.5 Å². The van der Waals surface area contributed by atoms with Crippen molar-refractivity contribution in [3.8, 4) is 0 Å². The third kappa shape index (κ3) is 5.36. The smallest absolute Gasteiger partial charge is 0.340 e. The number of nitrogens with one attached hydrogen (secondary N) is 2. The number of carbonyl (C=O) groups is 4. The van der Waals surface area contributed by atoms with Crippen LogP contribution >= 0.6 is 11.6 Å². The van der Waals surface area contributed by atoms with Crippen LogP contribution in [0.15, 0.2) is 83.5 Å². The molecule has 0 saturated carbocycles. The molecule has 0 bridgehead atoms. The largest absolute Gasteiger partial charge is 0.462 e. The molecule has 4 rings (SSSR count). The molecular formula is C27H21ClFN3O5. The number of rotatable bonds is 8. The van der Waals surface area contributed by atoms with Gasteiger partial charge in [-0.3, -0.25) is 14.4 Å². The van der Waals surface area contributed by atoms with Gasteiger partial charge in [0.25, 0.3) is 17.7 Å². The maximum atomic E-state index is 14.2. The summed E-state index contributed by atoms with van der Waals surface area (Å²) >= 11 is 6.10. The molecule has 0 unspecified atom stereocenters. The topological polar surface area (TPSA) is 105 Å². The van der Waals surface area contributed by atoms with Crippen molar-refractivity contribution in [2.75, 3.05) is 22.1 Å². The first kappa shape index (κ1) is 25.6. The van der Waals surface area contributed by atoms with Gasteiger partial charge in [-0.1, -0.05) is 42.8 Å². The Labute approximate surface area is 216 Å². The number of carbonyl (C=O) groups excluding carboxylic acids is 4. The van der Waals surface area contributed by atoms with E-state index >= 15 is 0 Å². The highest BCUT2D eigenvalue weighted by atomic mass is 35.5. The van der Waals surface area contributed by atoms with E-state index in [4.69, 9.17) is 16.3 Å². The molecule has 8 nitrogen and oxygen atoms in total. The van der Waals surface area contributed by atoms with Gasteiger partial charge in [-0.05, 0) is 55.0 Å². The van der Waals surface area contributed by atoms with E-state index in [2.05, 4.69) is 10.6 Å². The molecule has 0 spiro atoms. The summed E-state index contributed by atoms with van der Waals surface area (Å²) in [4.78, 5) is 51.1. The molecule has 1 heterocycles. The molecule has 3 aromatic rings. The molecule has 2 N–H and O–H groups in total. The third-order valence-electron chi connectivity index (χ3n) is 5.37. The number of ether oxygens (including phenoxy) is 1. The van der Waals surface area contributed by atoms with Gasteiger partial charge in [-0.15, -0.1) is 0 Å². The fraction of sp³-hybridized carbons (Fsp3) is 0.111. The number of para-hydroxylation sites is 2. The summed E-state index contributed by atoms with van der Waals surface area (Å²) in [6.07, 6.45) is 0.670. The van der Waals surface area contributed by atoms with E-state index in [1.807, 2.05) is 6.92 Å². The molecule has 1 aliphatic rings. The summed E-state index contributed by atoms with van der Waals surface area (Å²) < 4.78 is 19.3. The lowest BCUT2D eigenvalue weighted by molar-refractivity contribution is -0.120. The van der Waals surface area contributed by atoms with Crippen LogP contribution in [0.3, 0.4) is 0 Å². The van der Waals surface area contributed by atoms with Gasteiger partial charge in [-0.2, -0.15) is 0 Å². The second-order valence-electron chi connectivity index (χ2n) is 7.92. The fourth-order valence-electron chi connectivity index (χ4n) is 3.55. The number of anilines is 3. The SMILES string of the molecule is CCCOC(=O)c1ccccc1NC(=O)c1ccc(NC2=C(Cl)C(=O)N(c3ccccc3F)C2=O)cc1. The Hall–Kier alpha value is -4.50. The van der Waals surface area contributed by atoms with Gasteiger partial charge in [0, 0.05) is 11.3 Å². The van der Waals surface area contributed by atoms with E-state index in [9.17, 15) is 23.6 Å². The molecule has 0 atom stereocenters. The Morgan fingerprint density at radius 1 is 0.946 bits per heavy atom. The zero-order valence-electron chi connectivity index (χ0n) is 19.6. The van der Waals surface area contributed by atoms with Crippen molar-refractivity contribution < 1.29 is 28.3 Å². The van der Waals surface area contributed by atoms with Gasteiger partial charge in [0.2, 0.25) is 0 Å². The standard InChI is InChI=1S/C27H21ClFN3O5/c1-2-15-37-27(36)18-7-3-5-9-20(18)31-24(33)16-11-13-17(14-12-16)30-23-22(28)25(34)32(26(23)35)21-10-6-4-8-19(21)29/h3-14,30H,2,15H2,1H3,(H,31,33). The zero-order chi connectivity index (χ0) is 26.5. The van der Waals surface area contributed by atoms with Crippen molar-refractivity contribution in [3.63, 3.8) is 0 Å². The van der Waals surface area contributed by atoms with Gasteiger partial charge >= 0.3 is 5.97 Å². The quantitative estimate of drug-likeness (QED) is 0.316. The van der Waals surface area contributed by atoms with Crippen molar-refractivity contribution in [2.45, 2.75) is 13.3 Å². The van der Waals surface area contributed by atoms with Crippen LogP contribution in [0.2, 0.25) is 0 Å². The first-order chi connectivity index (χ1) is 17.8. The predicted octanol–water partition coefficient (Wildman–Crippen LogP) is 5.08. The number of imide groups is 1. The number of hydrogen-bond acceptors (Lipinski definition) is 6. The van der Waals surface area contributed by atoms with E-state index in [-0.39, 0.29) is 34.2 Å². The molecular weight excluding hydrogens is 501 g/mol. The Balaban J connectivity index is 1.47. The lowest BCUT2D eigenvalue weighted by Gasteiger charge is -2.15. The Morgan fingerprint density at radius 2 is 1.62 bits per heavy atom. The maximum Gasteiger partial charge on any atom is 0.340 e. The molecule has 37 heavy (non-hydrogen) atoms. The number of nitrogens with zero attached hydrogens (tertiary/aromatic N) is 1. The highest BCUT2D eigenvalue weighted by Crippen LogP contribution is 2.31. The lowest BCUT2D eigenvalue weighted by atomic mass is 10.1. The van der Waals surface area contributed by atoms with Crippen molar-refractivity contribution in [1.29, 1.82) is 0 Å². The van der Waals surface area contributed by atoms with Crippen molar-refractivity contribution in [2.24, 2.45) is 0 Å². The Kier molecular flexibility index (Phi) is 7.64. The van der Waals surface area contributed by atoms with Gasteiger partial charge in [0.1, 0.15) is 16.5 Å². The maximum absolute atomic E-state index is 14.2. The summed E-state index contributed by atoms with van der Waals surface area (Å²) in [5.74, 6) is -3.43. The highest BCUT2D eigenvalue weighted by Gasteiger charge is 2.40. The molecule has 0 fully saturated rings. The number of benzene rings is 3. The average molecular weight is 522 g/mol. The molecule has 3 aromatic carbocycles. The second-order valence-corrected chi connectivity index (χ2v) is 8.30. The van der Waals surface area contributed by atoms with Crippen LogP contribution < -0.4 is 15.5 Å². The molecule has 0 aliphatic carbocycles. The molecule has 3 amide bonds. The number of amides is 3. The molecule has 1 aliphatic heterocycles. The predicted molar refractivity (Wildman–Crippen MR) is 137 cm³/mol. The zero-order valence-corrected chi connectivity index (χ0v) is 20.3. The highest BCUT2D eigenvalue weighted by molar-refractivity contribution is 6.53. The first-order valence-corrected chi connectivity index (χ1v) is 11.7. The van der Waals surface area contributed by atoms with Crippen LogP contribution in [-0.4, -0.2) is 30.3 Å². The van der Waals surface area contributed by atoms with Gasteiger partial charge < -0.3 is 15.4 Å². The number of halogens is 2. The number of hydrogen-bond donors (Lipinski definition) is 2. The monoisotopic (exact) mass is 521 g/mol. The third-order valence-corrected chi connectivity index (χ3v) is 5.72. The summed E-state index contributed by atoms with van der Waals surface area (Å²) in [6.45, 7) is 2.14. The molecule has 0 aromatic heterocycles. The van der Waals surface area contributed by atoms with Crippen molar-refractivity contribution in [3.05, 3.63) is 100 Å². The fourth-order valence-corrected chi connectivity index (χ4v) is 3.76. The first-order valence-electron chi connectivity index (χ1n) is 11.3. The van der Waals surface area contributed by atoms with Crippen LogP contribution in [0.1, 0.15) is 34.1 Å². The van der Waals surface area contributed by atoms with Gasteiger partial charge in [-0.25, -0.2) is 14.1 Å². The molecule has 0 radical (unpaired) electrons. The minimum Gasteiger partial charge on any atom is -0.462 e. The van der Waals surface area contributed by atoms with E-state index in [1.54, 1.807) is 24.3 Å². The van der Waals surface area contributed by atoms with E-state index in [0.717, 1.165) is 6.07 Å². The van der Waals surface area contributed by atoms with Crippen LogP contribution in [0.5, 0.6) is 0 Å². The minimum atomic E-state index is -0.855. The molecule has 0 saturated heterocycles. The minimum absolute atomic E-state index is 0.210. The summed E-state index contributed by atoms with van der Waals surface area (Å²) in [7, 11) is 0. The number of esters is 1. The van der Waals surface area contributed by atoms with Crippen molar-refractivity contribution in [1.82, 2.24) is 0 Å². The normalized spacial score (nSPS) is 13.1. The summed E-state index contributed by atoms with van der Waals surface area (Å²) in [6, 6.07) is 17.9. The van der Waals surface area contributed by atoms with Gasteiger partial charge in [0.15, 0.2) is 0 Å². The van der Waals surface area contributed by atoms with E-state index in [0.29, 0.717) is 22.7 Å². The van der Waals surface area contributed by atoms with Crippen LogP contribution in [0, 0.1) is 5.82 Å². The van der Waals surface area contributed by atoms with E-state index < -0.39 is 29.5 Å². The second kappa shape index (κ2) is 11.0. The Morgan fingerprint density at radius 3 is 2.32 bits per heavy atom. The van der Waals surface area contributed by atoms with Gasteiger partial charge in [0.05, 0.1) is 23.5 Å².